The molecule has 7 heteroatoms. The SMILES string of the molecule is COCCN(c1nnc(C)c(C)c1C(=N)N)C(C)COC. The molecule has 0 spiro atoms. The lowest BCUT2D eigenvalue weighted by Crippen LogP contribution is -2.41. The largest absolute Gasteiger partial charge is 0.384 e. The molecule has 1 aromatic rings. The van der Waals surface area contributed by atoms with Crippen LogP contribution < -0.4 is 10.6 Å². The molecule has 1 rings (SSSR count). The molecule has 0 saturated heterocycles. The smallest absolute Gasteiger partial charge is 0.162 e. The van der Waals surface area contributed by atoms with Gasteiger partial charge in [-0.05, 0) is 26.3 Å². The van der Waals surface area contributed by atoms with Gasteiger partial charge in [0.1, 0.15) is 5.84 Å². The van der Waals surface area contributed by atoms with Gasteiger partial charge in [-0.25, -0.2) is 0 Å². The number of nitrogen functional groups attached to an aromatic ring is 1. The molecule has 7 nitrogen and oxygen atoms in total. The molecule has 0 radical (unpaired) electrons. The van der Waals surface area contributed by atoms with Crippen molar-refractivity contribution in [2.45, 2.75) is 26.8 Å². The summed E-state index contributed by atoms with van der Waals surface area (Å²) in [6, 6.07) is 0.0691. The minimum atomic E-state index is -0.00691. The number of nitrogens with one attached hydrogen (secondary N) is 1. The number of amidine groups is 1. The van der Waals surface area contributed by atoms with E-state index in [2.05, 4.69) is 10.2 Å². The second kappa shape index (κ2) is 7.90. The Balaban J connectivity index is 3.29. The Hall–Kier alpha value is -1.73. The van der Waals surface area contributed by atoms with E-state index in [9.17, 15) is 0 Å². The van der Waals surface area contributed by atoms with Crippen LogP contribution in [0.2, 0.25) is 0 Å². The fourth-order valence-corrected chi connectivity index (χ4v) is 2.18. The lowest BCUT2D eigenvalue weighted by Gasteiger charge is -2.31. The Bertz CT molecular complexity index is 492. The van der Waals surface area contributed by atoms with Crippen molar-refractivity contribution in [3.63, 3.8) is 0 Å². The molecule has 0 aromatic carbocycles. The van der Waals surface area contributed by atoms with Gasteiger partial charge in [0, 0.05) is 20.8 Å². The number of aromatic nitrogens is 2. The number of anilines is 1. The highest BCUT2D eigenvalue weighted by Crippen LogP contribution is 2.23. The molecular formula is C14H25N5O2. The van der Waals surface area contributed by atoms with Gasteiger partial charge < -0.3 is 20.1 Å². The Labute approximate surface area is 126 Å². The molecule has 0 aliphatic carbocycles. The van der Waals surface area contributed by atoms with Crippen LogP contribution in [-0.2, 0) is 9.47 Å². The standard InChI is InChI=1S/C14H25N5O2/c1-9(8-21-5)19(6-7-20-4)14-12(13(15)16)10(2)11(3)17-18-14/h9H,6-8H2,1-5H3,(H3,15,16). The maximum Gasteiger partial charge on any atom is 0.162 e. The summed E-state index contributed by atoms with van der Waals surface area (Å²) < 4.78 is 10.4. The van der Waals surface area contributed by atoms with Crippen LogP contribution in [0.4, 0.5) is 5.82 Å². The van der Waals surface area contributed by atoms with Gasteiger partial charge in [-0.15, -0.1) is 5.10 Å². The normalized spacial score (nSPS) is 12.2. The average molecular weight is 295 g/mol. The first-order valence-corrected chi connectivity index (χ1v) is 6.86. The summed E-state index contributed by atoms with van der Waals surface area (Å²) in [6.07, 6.45) is 0. The quantitative estimate of drug-likeness (QED) is 0.545. The number of aryl methyl sites for hydroxylation is 1. The molecule has 0 fully saturated rings. The number of hydrogen-bond donors (Lipinski definition) is 2. The maximum atomic E-state index is 7.85. The van der Waals surface area contributed by atoms with E-state index in [1.807, 2.05) is 25.7 Å². The summed E-state index contributed by atoms with van der Waals surface area (Å²) in [7, 11) is 3.31. The number of rotatable bonds is 8. The van der Waals surface area contributed by atoms with Crippen LogP contribution in [0.3, 0.4) is 0 Å². The Morgan fingerprint density at radius 2 is 1.95 bits per heavy atom. The van der Waals surface area contributed by atoms with Crippen molar-refractivity contribution < 1.29 is 9.47 Å². The van der Waals surface area contributed by atoms with Gasteiger partial charge in [-0.2, -0.15) is 5.10 Å². The predicted octanol–water partition coefficient (Wildman–Crippen LogP) is 0.865. The first-order chi connectivity index (χ1) is 9.93. The van der Waals surface area contributed by atoms with Crippen molar-refractivity contribution >= 4 is 11.7 Å². The van der Waals surface area contributed by atoms with Gasteiger partial charge >= 0.3 is 0 Å². The number of hydrogen-bond acceptors (Lipinski definition) is 6. The molecule has 118 valence electrons. The second-order valence-corrected chi connectivity index (χ2v) is 5.01. The van der Waals surface area contributed by atoms with Gasteiger partial charge in [0.25, 0.3) is 0 Å². The van der Waals surface area contributed by atoms with E-state index in [1.54, 1.807) is 14.2 Å². The molecule has 1 atom stereocenters. The van der Waals surface area contributed by atoms with Crippen molar-refractivity contribution in [2.24, 2.45) is 5.73 Å². The van der Waals surface area contributed by atoms with Crippen LogP contribution in [0.15, 0.2) is 0 Å². The topological polar surface area (TPSA) is 97.4 Å². The molecule has 1 unspecified atom stereocenters. The number of nitrogens with two attached hydrogens (primary N) is 1. The number of nitrogens with zero attached hydrogens (tertiary/aromatic N) is 3. The Morgan fingerprint density at radius 3 is 2.48 bits per heavy atom. The third-order valence-corrected chi connectivity index (χ3v) is 3.45. The van der Waals surface area contributed by atoms with Crippen molar-refractivity contribution in [3.05, 3.63) is 16.8 Å². The van der Waals surface area contributed by atoms with Gasteiger partial charge in [-0.1, -0.05) is 0 Å². The lowest BCUT2D eigenvalue weighted by atomic mass is 10.1. The van der Waals surface area contributed by atoms with E-state index in [4.69, 9.17) is 20.6 Å². The summed E-state index contributed by atoms with van der Waals surface area (Å²) in [5, 5.41) is 16.3. The van der Waals surface area contributed by atoms with Gasteiger partial charge in [0.15, 0.2) is 5.82 Å². The fraction of sp³-hybridized carbons (Fsp3) is 0.643. The minimum absolute atomic E-state index is 0.00691. The van der Waals surface area contributed by atoms with E-state index in [1.165, 1.54) is 0 Å². The molecule has 0 amide bonds. The summed E-state index contributed by atoms with van der Waals surface area (Å²) in [4.78, 5) is 2.02. The monoisotopic (exact) mass is 295 g/mol. The molecule has 21 heavy (non-hydrogen) atoms. The molecule has 3 N–H and O–H groups in total. The zero-order valence-corrected chi connectivity index (χ0v) is 13.4. The first kappa shape index (κ1) is 17.3. The third-order valence-electron chi connectivity index (χ3n) is 3.45. The molecule has 0 saturated carbocycles. The molecule has 1 heterocycles. The Kier molecular flexibility index (Phi) is 6.51. The molecule has 0 aliphatic heterocycles. The minimum Gasteiger partial charge on any atom is -0.384 e. The fourth-order valence-electron chi connectivity index (χ4n) is 2.18. The average Bonchev–Trinajstić information content (AvgIpc) is 2.43. The van der Waals surface area contributed by atoms with Crippen molar-refractivity contribution in [1.29, 1.82) is 5.41 Å². The van der Waals surface area contributed by atoms with Crippen LogP contribution in [0.25, 0.3) is 0 Å². The highest BCUT2D eigenvalue weighted by molar-refractivity contribution is 6.01. The molecule has 1 aromatic heterocycles. The highest BCUT2D eigenvalue weighted by Gasteiger charge is 2.23. The van der Waals surface area contributed by atoms with Gasteiger partial charge in [0.2, 0.25) is 0 Å². The summed E-state index contributed by atoms with van der Waals surface area (Å²) in [5.74, 6) is 0.597. The summed E-state index contributed by atoms with van der Waals surface area (Å²) in [6.45, 7) is 7.49. The highest BCUT2D eigenvalue weighted by atomic mass is 16.5. The van der Waals surface area contributed by atoms with Crippen molar-refractivity contribution in [2.75, 3.05) is 38.9 Å². The maximum absolute atomic E-state index is 7.85. The van der Waals surface area contributed by atoms with E-state index < -0.39 is 0 Å². The van der Waals surface area contributed by atoms with Crippen LogP contribution >= 0.6 is 0 Å². The van der Waals surface area contributed by atoms with Crippen molar-refractivity contribution in [3.8, 4) is 0 Å². The molecule has 0 aliphatic rings. The van der Waals surface area contributed by atoms with Crippen LogP contribution in [0.1, 0.15) is 23.7 Å². The van der Waals surface area contributed by atoms with E-state index >= 15 is 0 Å². The van der Waals surface area contributed by atoms with Crippen LogP contribution in [0.5, 0.6) is 0 Å². The molecule has 0 bridgehead atoms. The van der Waals surface area contributed by atoms with E-state index in [0.717, 1.165) is 11.3 Å². The summed E-state index contributed by atoms with van der Waals surface area (Å²) in [5.41, 5.74) is 8.03. The number of methoxy groups -OCH3 is 2. The first-order valence-electron chi connectivity index (χ1n) is 6.86. The Morgan fingerprint density at radius 1 is 1.29 bits per heavy atom. The van der Waals surface area contributed by atoms with Gasteiger partial charge in [0.05, 0.1) is 30.5 Å². The number of ether oxygens (including phenoxy) is 2. The predicted molar refractivity (Wildman–Crippen MR) is 83.1 cm³/mol. The second-order valence-electron chi connectivity index (χ2n) is 5.01. The van der Waals surface area contributed by atoms with Gasteiger partial charge in [-0.3, -0.25) is 5.41 Å². The van der Waals surface area contributed by atoms with E-state index in [-0.39, 0.29) is 11.9 Å². The van der Waals surface area contributed by atoms with Crippen LogP contribution in [0, 0.1) is 19.3 Å². The zero-order valence-electron chi connectivity index (χ0n) is 13.4. The van der Waals surface area contributed by atoms with Crippen LogP contribution in [-0.4, -0.2) is 56.1 Å². The molecular weight excluding hydrogens is 270 g/mol. The third kappa shape index (κ3) is 4.12. The summed E-state index contributed by atoms with van der Waals surface area (Å²) >= 11 is 0. The lowest BCUT2D eigenvalue weighted by molar-refractivity contribution is 0.170. The zero-order chi connectivity index (χ0) is 16.0. The van der Waals surface area contributed by atoms with E-state index in [0.29, 0.717) is 31.1 Å². The van der Waals surface area contributed by atoms with Crippen molar-refractivity contribution in [1.82, 2.24) is 10.2 Å².